The van der Waals surface area contributed by atoms with Gasteiger partial charge in [0, 0.05) is 25.1 Å². The highest BCUT2D eigenvalue weighted by atomic mass is 16.5. The van der Waals surface area contributed by atoms with Crippen molar-refractivity contribution in [3.8, 4) is 5.75 Å². The van der Waals surface area contributed by atoms with Gasteiger partial charge in [0.25, 0.3) is 0 Å². The number of para-hydroxylation sites is 1. The van der Waals surface area contributed by atoms with Crippen molar-refractivity contribution in [2.75, 3.05) is 13.1 Å². The number of hydrogen-bond donors (Lipinski definition) is 6. The van der Waals surface area contributed by atoms with Crippen LogP contribution in [0.5, 0.6) is 5.75 Å². The van der Waals surface area contributed by atoms with E-state index < -0.39 is 19.3 Å². The van der Waals surface area contributed by atoms with Crippen molar-refractivity contribution in [3.05, 3.63) is 29.3 Å². The van der Waals surface area contributed by atoms with Crippen molar-refractivity contribution in [2.45, 2.75) is 37.9 Å². The van der Waals surface area contributed by atoms with E-state index in [-0.39, 0.29) is 29.1 Å². The average molecular weight is 376 g/mol. The first kappa shape index (κ1) is 19.5. The predicted octanol–water partition coefficient (Wildman–Crippen LogP) is -0.895. The number of aliphatic hydroxyl groups excluding tert-OH is 1. The van der Waals surface area contributed by atoms with Crippen LogP contribution in [-0.4, -0.2) is 58.2 Å². The lowest BCUT2D eigenvalue weighted by molar-refractivity contribution is -0.122. The second-order valence-corrected chi connectivity index (χ2v) is 7.12. The number of benzene rings is 1. The van der Waals surface area contributed by atoms with E-state index in [9.17, 15) is 20.0 Å². The summed E-state index contributed by atoms with van der Waals surface area (Å²) in [6.45, 7) is 1.34. The molecule has 9 nitrogen and oxygen atoms in total. The molecule has 1 amide bonds. The van der Waals surface area contributed by atoms with E-state index in [1.54, 1.807) is 17.0 Å². The lowest BCUT2D eigenvalue weighted by Crippen LogP contribution is -2.53. The number of aliphatic hydroxyl groups is 2. The molecule has 0 saturated carbocycles. The van der Waals surface area contributed by atoms with E-state index in [4.69, 9.17) is 15.8 Å². The van der Waals surface area contributed by atoms with Gasteiger partial charge in [0.15, 0.2) is 12.2 Å². The number of amides is 1. The van der Waals surface area contributed by atoms with Gasteiger partial charge in [-0.25, -0.2) is 0 Å². The van der Waals surface area contributed by atoms with Gasteiger partial charge in [-0.2, -0.15) is 0 Å². The number of nitrogens with two attached hydrogens (primary N) is 1. The third-order valence-corrected chi connectivity index (χ3v) is 5.20. The average Bonchev–Trinajstić information content (AvgIpc) is 2.62. The number of carbonyl (C=O) groups is 1. The Hall–Kier alpha value is -2.30. The first-order valence-electron chi connectivity index (χ1n) is 9.06. The molecule has 0 aromatic heterocycles. The summed E-state index contributed by atoms with van der Waals surface area (Å²) in [5.74, 6) is -0.238. The first-order chi connectivity index (χ1) is 12.8. The summed E-state index contributed by atoms with van der Waals surface area (Å²) in [4.78, 5) is 14.2. The zero-order chi connectivity index (χ0) is 19.6. The first-order valence-corrected chi connectivity index (χ1v) is 9.06. The normalized spacial score (nSPS) is 20.2. The molecule has 2 aliphatic rings. The smallest absolute Gasteiger partial charge is 0.534 e. The van der Waals surface area contributed by atoms with Gasteiger partial charge in [0.1, 0.15) is 5.75 Å². The molecule has 1 saturated heterocycles. The molecule has 0 bridgehead atoms. The Bertz CT molecular complexity index is 709. The fourth-order valence-electron chi connectivity index (χ4n) is 3.68. The largest absolute Gasteiger partial charge is 0.547 e. The lowest BCUT2D eigenvalue weighted by atomic mass is 9.72. The Morgan fingerprint density at radius 3 is 2.74 bits per heavy atom. The molecular formula is C17H25BN4O5. The van der Waals surface area contributed by atoms with Gasteiger partial charge in [-0.05, 0) is 30.7 Å². The van der Waals surface area contributed by atoms with Crippen LogP contribution >= 0.6 is 0 Å². The Balaban J connectivity index is 1.56. The second kappa shape index (κ2) is 8.16. The van der Waals surface area contributed by atoms with Gasteiger partial charge < -0.3 is 35.8 Å². The van der Waals surface area contributed by atoms with Gasteiger partial charge in [0.2, 0.25) is 5.91 Å². The number of hydrogen-bond acceptors (Lipinski definition) is 6. The van der Waals surface area contributed by atoms with Crippen LogP contribution in [0.25, 0.3) is 0 Å². The third-order valence-electron chi connectivity index (χ3n) is 5.20. The molecule has 2 heterocycles. The molecule has 1 aromatic rings. The quantitative estimate of drug-likeness (QED) is 0.172. The van der Waals surface area contributed by atoms with Crippen LogP contribution in [-0.2, 0) is 11.2 Å². The van der Waals surface area contributed by atoms with Crippen LogP contribution in [0.4, 0.5) is 0 Å². The minimum absolute atomic E-state index is 0.0615. The van der Waals surface area contributed by atoms with Crippen LogP contribution in [0, 0.1) is 11.3 Å². The highest BCUT2D eigenvalue weighted by Gasteiger charge is 2.37. The maximum Gasteiger partial charge on any atom is 0.547 e. The SMILES string of the molecule is N=C(N)N1CCC(CC(=O)N[C@H]2Cc3cccc(C(O)O)c3OB2O)CC1. The number of nitrogens with zero attached hydrogens (tertiary/aromatic N) is 1. The van der Waals surface area contributed by atoms with Crippen LogP contribution in [0.15, 0.2) is 18.2 Å². The molecule has 3 rings (SSSR count). The van der Waals surface area contributed by atoms with Crippen molar-refractivity contribution in [1.29, 1.82) is 5.41 Å². The van der Waals surface area contributed by atoms with E-state index in [2.05, 4.69) is 5.32 Å². The Labute approximate surface area is 157 Å². The molecule has 0 radical (unpaired) electrons. The standard InChI is InChI=1S/C17H25BN4O5/c19-17(20)22-6-4-10(5-7-22)8-14(23)21-13-9-11-2-1-3-12(16(24)25)15(11)27-18(13)26/h1-3,10,13,16,24-26H,4-9H2,(H3,19,20)(H,21,23)/t13-/m0/s1. The highest BCUT2D eigenvalue weighted by Crippen LogP contribution is 2.33. The molecule has 0 unspecified atom stereocenters. The maximum atomic E-state index is 12.4. The number of carbonyl (C=O) groups excluding carboxylic acids is 1. The monoisotopic (exact) mass is 376 g/mol. The minimum Gasteiger partial charge on any atom is -0.534 e. The number of piperidine rings is 1. The molecule has 1 fully saturated rings. The van der Waals surface area contributed by atoms with E-state index in [0.717, 1.165) is 12.8 Å². The lowest BCUT2D eigenvalue weighted by Gasteiger charge is -2.33. The number of guanidine groups is 1. The van der Waals surface area contributed by atoms with E-state index >= 15 is 0 Å². The third kappa shape index (κ3) is 4.52. The molecule has 0 aliphatic carbocycles. The molecule has 10 heteroatoms. The molecule has 1 aromatic carbocycles. The van der Waals surface area contributed by atoms with Crippen LogP contribution in [0.2, 0.25) is 0 Å². The van der Waals surface area contributed by atoms with Crippen molar-refractivity contribution < 1.29 is 24.7 Å². The van der Waals surface area contributed by atoms with Crippen LogP contribution < -0.4 is 15.7 Å². The highest BCUT2D eigenvalue weighted by molar-refractivity contribution is 6.46. The topological polar surface area (TPSA) is 152 Å². The van der Waals surface area contributed by atoms with Crippen LogP contribution in [0.1, 0.15) is 36.7 Å². The fourth-order valence-corrected chi connectivity index (χ4v) is 3.68. The predicted molar refractivity (Wildman–Crippen MR) is 98.7 cm³/mol. The number of likely N-dealkylation sites (tertiary alicyclic amines) is 1. The van der Waals surface area contributed by atoms with E-state index in [1.165, 1.54) is 6.07 Å². The molecule has 1 atom stereocenters. The van der Waals surface area contributed by atoms with Crippen molar-refractivity contribution >= 4 is 19.0 Å². The summed E-state index contributed by atoms with van der Waals surface area (Å²) < 4.78 is 5.44. The fraction of sp³-hybridized carbons (Fsp3) is 0.529. The molecule has 27 heavy (non-hydrogen) atoms. The van der Waals surface area contributed by atoms with Gasteiger partial charge in [-0.15, -0.1) is 0 Å². The summed E-state index contributed by atoms with van der Waals surface area (Å²) in [6, 6.07) is 4.96. The van der Waals surface area contributed by atoms with Gasteiger partial charge in [-0.1, -0.05) is 18.2 Å². The van der Waals surface area contributed by atoms with E-state index in [0.29, 0.717) is 31.5 Å². The molecular weight excluding hydrogens is 351 g/mol. The van der Waals surface area contributed by atoms with Gasteiger partial charge in [0.05, 0.1) is 5.94 Å². The summed E-state index contributed by atoms with van der Waals surface area (Å²) in [5.41, 5.74) is 6.37. The molecule has 7 N–H and O–H groups in total. The maximum absolute atomic E-state index is 12.4. The zero-order valence-electron chi connectivity index (χ0n) is 15.0. The summed E-state index contributed by atoms with van der Waals surface area (Å²) in [6.07, 6.45) is 0.566. The molecule has 2 aliphatic heterocycles. The van der Waals surface area contributed by atoms with Gasteiger partial charge in [-0.3, -0.25) is 10.2 Å². The van der Waals surface area contributed by atoms with Crippen molar-refractivity contribution in [2.24, 2.45) is 11.7 Å². The van der Waals surface area contributed by atoms with Crippen LogP contribution in [0.3, 0.4) is 0 Å². The minimum atomic E-state index is -1.70. The summed E-state index contributed by atoms with van der Waals surface area (Å²) in [7, 11) is -1.26. The summed E-state index contributed by atoms with van der Waals surface area (Å²) in [5, 5.41) is 39.3. The number of fused-ring (bicyclic) bond motifs is 1. The summed E-state index contributed by atoms with van der Waals surface area (Å²) >= 11 is 0. The molecule has 146 valence electrons. The van der Waals surface area contributed by atoms with E-state index in [1.807, 2.05) is 0 Å². The van der Waals surface area contributed by atoms with Gasteiger partial charge >= 0.3 is 7.12 Å². The van der Waals surface area contributed by atoms with Crippen molar-refractivity contribution in [1.82, 2.24) is 10.2 Å². The Kier molecular flexibility index (Phi) is 5.88. The Morgan fingerprint density at radius 1 is 1.41 bits per heavy atom. The second-order valence-electron chi connectivity index (χ2n) is 7.12. The number of nitrogens with one attached hydrogen (secondary N) is 2. The zero-order valence-corrected chi connectivity index (χ0v) is 15.0. The number of rotatable bonds is 4. The Morgan fingerprint density at radius 2 is 2.11 bits per heavy atom. The van der Waals surface area contributed by atoms with Crippen molar-refractivity contribution in [3.63, 3.8) is 0 Å². The molecule has 0 spiro atoms.